The highest BCUT2D eigenvalue weighted by atomic mass is 32.1. The number of aryl methyl sites for hydroxylation is 1. The van der Waals surface area contributed by atoms with Crippen LogP contribution in [0.25, 0.3) is 21.6 Å². The molecule has 12 nitrogen and oxygen atoms in total. The normalized spacial score (nSPS) is 23.3. The van der Waals surface area contributed by atoms with Crippen LogP contribution in [0.3, 0.4) is 0 Å². The molecule has 14 heteroatoms. The molecule has 46 heavy (non-hydrogen) atoms. The van der Waals surface area contributed by atoms with Gasteiger partial charge in [-0.15, -0.1) is 16.4 Å². The molecule has 0 aliphatic carbocycles. The summed E-state index contributed by atoms with van der Waals surface area (Å²) in [4.78, 5) is 21.0. The molecule has 2 fully saturated rings. The van der Waals surface area contributed by atoms with Crippen LogP contribution in [-0.4, -0.2) is 60.7 Å². The quantitative estimate of drug-likeness (QED) is 0.169. The number of aromatic carboxylic acids is 1. The summed E-state index contributed by atoms with van der Waals surface area (Å²) < 4.78 is 35.5. The fourth-order valence-corrected chi connectivity index (χ4v) is 6.70. The maximum absolute atomic E-state index is 14.0. The van der Waals surface area contributed by atoms with Gasteiger partial charge in [0.2, 0.25) is 0 Å². The highest BCUT2D eigenvalue weighted by molar-refractivity contribution is 7.18. The van der Waals surface area contributed by atoms with E-state index < -0.39 is 42.4 Å². The molecule has 0 saturated carbocycles. The van der Waals surface area contributed by atoms with Gasteiger partial charge in [-0.1, -0.05) is 42.5 Å². The number of halogens is 1. The number of rotatable bonds is 7. The van der Waals surface area contributed by atoms with Crippen LogP contribution in [0.1, 0.15) is 51.4 Å². The molecule has 2 aromatic heterocycles. The van der Waals surface area contributed by atoms with Crippen molar-refractivity contribution < 1.29 is 28.5 Å². The summed E-state index contributed by atoms with van der Waals surface area (Å²) >= 11 is 1.52. The van der Waals surface area contributed by atoms with Crippen molar-refractivity contribution in [1.82, 2.24) is 24.8 Å². The lowest BCUT2D eigenvalue weighted by atomic mass is 9.93. The number of carbonyl (C=O) groups is 1. The predicted molar refractivity (Wildman–Crippen MR) is 167 cm³/mol. The van der Waals surface area contributed by atoms with Crippen molar-refractivity contribution in [2.75, 3.05) is 6.61 Å². The topological polar surface area (TPSA) is 164 Å². The van der Waals surface area contributed by atoms with Crippen molar-refractivity contribution in [2.45, 2.75) is 44.0 Å². The molecule has 0 bridgehead atoms. The number of ether oxygens (including phenoxy) is 3. The third-order valence-corrected chi connectivity index (χ3v) is 8.90. The van der Waals surface area contributed by atoms with Crippen LogP contribution in [0.2, 0.25) is 0 Å². The molecule has 2 aliphatic heterocycles. The largest absolute Gasteiger partial charge is 0.475 e. The van der Waals surface area contributed by atoms with E-state index in [4.69, 9.17) is 25.8 Å². The van der Waals surface area contributed by atoms with E-state index in [1.54, 1.807) is 12.1 Å². The number of hydrogen-bond donors (Lipinski definition) is 3. The summed E-state index contributed by atoms with van der Waals surface area (Å²) in [5.74, 6) is 4.89. The van der Waals surface area contributed by atoms with Gasteiger partial charge in [-0.2, -0.15) is 0 Å². The molecule has 4 heterocycles. The van der Waals surface area contributed by atoms with Crippen LogP contribution in [0.5, 0.6) is 0 Å². The van der Waals surface area contributed by atoms with Gasteiger partial charge in [0.25, 0.3) is 5.82 Å². The van der Waals surface area contributed by atoms with Gasteiger partial charge in [0, 0.05) is 23.7 Å². The van der Waals surface area contributed by atoms with Gasteiger partial charge in [-0.25, -0.2) is 29.7 Å². The number of fused-ring (bicyclic) bond motifs is 2. The minimum absolute atomic E-state index is 0.167. The van der Waals surface area contributed by atoms with Crippen LogP contribution in [0.15, 0.2) is 79.0 Å². The second kappa shape index (κ2) is 12.2. The van der Waals surface area contributed by atoms with E-state index in [-0.39, 0.29) is 30.4 Å². The van der Waals surface area contributed by atoms with Gasteiger partial charge in [0.15, 0.2) is 12.1 Å². The van der Waals surface area contributed by atoms with Gasteiger partial charge in [-0.3, -0.25) is 0 Å². The fraction of sp³-hybridized carbons (Fsp3) is 0.250. The lowest BCUT2D eigenvalue weighted by molar-refractivity contribution is -0.303. The second-order valence-corrected chi connectivity index (χ2v) is 12.3. The Kier molecular flexibility index (Phi) is 7.96. The van der Waals surface area contributed by atoms with Crippen LogP contribution < -0.4 is 11.6 Å². The zero-order chi connectivity index (χ0) is 31.9. The molecule has 7 rings (SSSR count). The number of hydrazine groups is 1. The Morgan fingerprint density at radius 3 is 2.72 bits per heavy atom. The molecule has 0 radical (unpaired) electrons. The molecule has 5 aromatic rings. The molecular formula is C32H30FN7O5S. The number of thiazole rings is 1. The number of carboxylic acids is 1. The molecule has 5 N–H and O–H groups in total. The smallest absolute Gasteiger partial charge is 0.375 e. The molecule has 2 aliphatic rings. The van der Waals surface area contributed by atoms with Crippen LogP contribution in [-0.2, 0) is 14.2 Å². The van der Waals surface area contributed by atoms with E-state index in [9.17, 15) is 14.3 Å². The lowest BCUT2D eigenvalue weighted by Crippen LogP contribution is -2.59. The Labute approximate surface area is 266 Å². The Morgan fingerprint density at radius 2 is 1.93 bits per heavy atom. The first kappa shape index (κ1) is 30.0. The van der Waals surface area contributed by atoms with Crippen molar-refractivity contribution in [3.05, 3.63) is 113 Å². The van der Waals surface area contributed by atoms with Gasteiger partial charge in [0.05, 0.1) is 39.3 Å². The third-order valence-electron chi connectivity index (χ3n) is 7.97. The van der Waals surface area contributed by atoms with Crippen LogP contribution in [0, 0.1) is 12.7 Å². The predicted octanol–water partition coefficient (Wildman–Crippen LogP) is 4.47. The van der Waals surface area contributed by atoms with Crippen molar-refractivity contribution in [3.63, 3.8) is 0 Å². The molecule has 3 aromatic carbocycles. The highest BCUT2D eigenvalue weighted by Crippen LogP contribution is 2.40. The highest BCUT2D eigenvalue weighted by Gasteiger charge is 2.47. The van der Waals surface area contributed by atoms with E-state index in [2.05, 4.69) is 15.1 Å². The maximum atomic E-state index is 14.0. The number of hydrogen-bond acceptors (Lipinski definition) is 11. The summed E-state index contributed by atoms with van der Waals surface area (Å²) in [6, 6.07) is 20.4. The maximum Gasteiger partial charge on any atom is 0.375 e. The minimum Gasteiger partial charge on any atom is -0.475 e. The second-order valence-electron chi connectivity index (χ2n) is 11.1. The zero-order valence-electron chi connectivity index (χ0n) is 24.6. The van der Waals surface area contributed by atoms with E-state index in [0.717, 1.165) is 20.8 Å². The van der Waals surface area contributed by atoms with Crippen molar-refractivity contribution >= 4 is 33.2 Å². The number of nitrogens with zero attached hydrogens (tertiary/aromatic N) is 5. The number of nitrogens with two attached hydrogens (primary N) is 2. The first-order valence-corrected chi connectivity index (χ1v) is 15.4. The fourth-order valence-electron chi connectivity index (χ4n) is 5.84. The Balaban J connectivity index is 1.26. The Morgan fingerprint density at radius 1 is 1.11 bits per heavy atom. The van der Waals surface area contributed by atoms with Crippen LogP contribution in [0.4, 0.5) is 4.39 Å². The lowest BCUT2D eigenvalue weighted by Gasteiger charge is -2.48. The average Bonchev–Trinajstić information content (AvgIpc) is 3.67. The molecule has 5 atom stereocenters. The number of aromatic nitrogens is 4. The SMILES string of the molecule is Cc1nc2ccc(-n3nc(C(=O)O)nc3[C@H]3C[C@@H](N(N)/C=C(\N)c4cccc(F)c4)[C@H]4OC(c5ccccc5)OC[C@H]4O3)cc2s1. The standard InChI is InChI=1S/C32H30FN7O5S/c1-17-36-23-11-10-21(13-27(23)46-17)40-30(37-29(38-40)31(41)42)25-14-24(39(35)15-22(34)19-8-5-9-20(33)12-19)28-26(44-25)16-43-32(45-28)18-6-3-2-4-7-18/h2-13,15,24-26,28,32H,14,16,34-35H2,1H3,(H,41,42)/b22-15-/t24-,25-,26-,28-,32?/m1/s1. The minimum atomic E-state index is -1.28. The summed E-state index contributed by atoms with van der Waals surface area (Å²) in [5, 5.41) is 16.5. The van der Waals surface area contributed by atoms with Crippen molar-refractivity contribution in [1.29, 1.82) is 0 Å². The Hall–Kier alpha value is -4.73. The van der Waals surface area contributed by atoms with E-state index in [0.29, 0.717) is 11.3 Å². The first-order valence-electron chi connectivity index (χ1n) is 14.5. The molecular weight excluding hydrogens is 613 g/mol. The molecule has 0 amide bonds. The van der Waals surface area contributed by atoms with Crippen LogP contribution >= 0.6 is 11.3 Å². The molecule has 0 spiro atoms. The third kappa shape index (κ3) is 5.84. The Bertz CT molecular complexity index is 1930. The van der Waals surface area contributed by atoms with Gasteiger partial charge < -0.3 is 30.1 Å². The monoisotopic (exact) mass is 643 g/mol. The van der Waals surface area contributed by atoms with Gasteiger partial charge in [-0.05, 0) is 37.3 Å². The molecule has 2 saturated heterocycles. The van der Waals surface area contributed by atoms with Gasteiger partial charge >= 0.3 is 5.97 Å². The molecule has 1 unspecified atom stereocenters. The summed E-state index contributed by atoms with van der Waals surface area (Å²) in [5.41, 5.74) is 9.34. The van der Waals surface area contributed by atoms with E-state index in [1.165, 1.54) is 39.4 Å². The summed E-state index contributed by atoms with van der Waals surface area (Å²) in [6.45, 7) is 2.09. The number of carboxylic acid groups (broad SMARTS) is 1. The summed E-state index contributed by atoms with van der Waals surface area (Å²) in [6.07, 6.45) is -0.859. The molecule has 236 valence electrons. The first-order chi connectivity index (χ1) is 22.2. The number of benzene rings is 3. The average molecular weight is 644 g/mol. The van der Waals surface area contributed by atoms with Crippen molar-refractivity contribution in [2.24, 2.45) is 11.6 Å². The van der Waals surface area contributed by atoms with E-state index in [1.807, 2.05) is 55.5 Å². The summed E-state index contributed by atoms with van der Waals surface area (Å²) in [7, 11) is 0. The van der Waals surface area contributed by atoms with Crippen molar-refractivity contribution in [3.8, 4) is 5.69 Å². The zero-order valence-corrected chi connectivity index (χ0v) is 25.4. The van der Waals surface area contributed by atoms with E-state index >= 15 is 0 Å². The van der Waals surface area contributed by atoms with Gasteiger partial charge in [0.1, 0.15) is 24.1 Å².